The van der Waals surface area contributed by atoms with Gasteiger partial charge in [0.15, 0.2) is 0 Å². The molecule has 25 heavy (non-hydrogen) atoms. The van der Waals surface area contributed by atoms with Crippen LogP contribution in [0.1, 0.15) is 15.9 Å². The zero-order chi connectivity index (χ0) is 17.8. The zero-order valence-electron chi connectivity index (χ0n) is 13.9. The van der Waals surface area contributed by atoms with E-state index in [-0.39, 0.29) is 11.7 Å². The molecule has 0 saturated carbocycles. The smallest absolute Gasteiger partial charge is 0.257 e. The number of hydrogen-bond acceptors (Lipinski definition) is 3. The molecule has 126 valence electrons. The Labute approximate surface area is 145 Å². The number of hydrogen-bond donors (Lipinski definition) is 1. The number of halogens is 1. The Hall–Kier alpha value is -3.21. The summed E-state index contributed by atoms with van der Waals surface area (Å²) < 4.78 is 18.8. The third kappa shape index (κ3) is 3.83. The van der Waals surface area contributed by atoms with Crippen LogP contribution in [0.15, 0.2) is 60.8 Å². The van der Waals surface area contributed by atoms with Crippen LogP contribution >= 0.6 is 0 Å². The lowest BCUT2D eigenvalue weighted by Gasteiger charge is -2.07. The molecule has 0 fully saturated rings. The Kier molecular flexibility index (Phi) is 4.75. The molecule has 0 unspecified atom stereocenters. The SMILES string of the molecule is COc1cccc(-c2ccc(C(=O)Nc3ccc(C)c(F)c3)cn2)c1. The Morgan fingerprint density at radius 2 is 1.96 bits per heavy atom. The highest BCUT2D eigenvalue weighted by Crippen LogP contribution is 2.22. The van der Waals surface area contributed by atoms with Crippen molar-refractivity contribution >= 4 is 11.6 Å². The quantitative estimate of drug-likeness (QED) is 0.765. The first-order valence-electron chi connectivity index (χ1n) is 7.75. The molecule has 1 aromatic heterocycles. The maximum atomic E-state index is 13.6. The van der Waals surface area contributed by atoms with Crippen molar-refractivity contribution < 1.29 is 13.9 Å². The average molecular weight is 336 g/mol. The molecule has 3 aromatic rings. The molecule has 1 heterocycles. The van der Waals surface area contributed by atoms with E-state index in [1.807, 2.05) is 24.3 Å². The third-order valence-electron chi connectivity index (χ3n) is 3.82. The van der Waals surface area contributed by atoms with E-state index in [1.165, 1.54) is 12.3 Å². The van der Waals surface area contributed by atoms with E-state index >= 15 is 0 Å². The third-order valence-corrected chi connectivity index (χ3v) is 3.82. The van der Waals surface area contributed by atoms with Crippen LogP contribution in [0, 0.1) is 12.7 Å². The summed E-state index contributed by atoms with van der Waals surface area (Å²) in [6, 6.07) is 15.5. The first-order valence-corrected chi connectivity index (χ1v) is 7.75. The van der Waals surface area contributed by atoms with Gasteiger partial charge in [0, 0.05) is 17.4 Å². The predicted octanol–water partition coefficient (Wildman–Crippen LogP) is 4.46. The van der Waals surface area contributed by atoms with Gasteiger partial charge in [0.05, 0.1) is 18.4 Å². The molecule has 0 aliphatic carbocycles. The fourth-order valence-corrected chi connectivity index (χ4v) is 2.36. The Morgan fingerprint density at radius 1 is 1.12 bits per heavy atom. The number of rotatable bonds is 4. The second-order valence-electron chi connectivity index (χ2n) is 5.58. The number of pyridine rings is 1. The number of ether oxygens (including phenoxy) is 1. The largest absolute Gasteiger partial charge is 0.497 e. The Morgan fingerprint density at radius 3 is 2.64 bits per heavy atom. The van der Waals surface area contributed by atoms with Gasteiger partial charge in [-0.05, 0) is 48.9 Å². The number of anilines is 1. The van der Waals surface area contributed by atoms with Crippen molar-refractivity contribution in [1.29, 1.82) is 0 Å². The van der Waals surface area contributed by atoms with Crippen molar-refractivity contribution in [2.24, 2.45) is 0 Å². The van der Waals surface area contributed by atoms with Crippen LogP contribution in [-0.4, -0.2) is 18.0 Å². The molecule has 2 aromatic carbocycles. The number of carbonyl (C=O) groups excluding carboxylic acids is 1. The number of aromatic nitrogens is 1. The van der Waals surface area contributed by atoms with Gasteiger partial charge in [-0.1, -0.05) is 18.2 Å². The molecule has 0 radical (unpaired) electrons. The maximum absolute atomic E-state index is 13.6. The molecule has 0 bridgehead atoms. The summed E-state index contributed by atoms with van der Waals surface area (Å²) in [4.78, 5) is 16.6. The van der Waals surface area contributed by atoms with Crippen LogP contribution in [0.5, 0.6) is 5.75 Å². The van der Waals surface area contributed by atoms with E-state index in [4.69, 9.17) is 4.74 Å². The summed E-state index contributed by atoms with van der Waals surface area (Å²) in [6.07, 6.45) is 1.49. The van der Waals surface area contributed by atoms with Crippen LogP contribution in [-0.2, 0) is 0 Å². The lowest BCUT2D eigenvalue weighted by atomic mass is 10.1. The van der Waals surface area contributed by atoms with Crippen LogP contribution in [0.3, 0.4) is 0 Å². The van der Waals surface area contributed by atoms with Crippen molar-refractivity contribution in [3.63, 3.8) is 0 Å². The van der Waals surface area contributed by atoms with Crippen LogP contribution in [0.4, 0.5) is 10.1 Å². The normalized spacial score (nSPS) is 10.4. The van der Waals surface area contributed by atoms with Gasteiger partial charge in [0.25, 0.3) is 5.91 Å². The van der Waals surface area contributed by atoms with Crippen LogP contribution in [0.2, 0.25) is 0 Å². The fourth-order valence-electron chi connectivity index (χ4n) is 2.36. The highest BCUT2D eigenvalue weighted by Gasteiger charge is 2.09. The molecule has 0 aliphatic heterocycles. The summed E-state index contributed by atoms with van der Waals surface area (Å²) in [6.45, 7) is 1.67. The molecule has 4 nitrogen and oxygen atoms in total. The summed E-state index contributed by atoms with van der Waals surface area (Å²) in [5.74, 6) is 0.0414. The average Bonchev–Trinajstić information content (AvgIpc) is 2.65. The molecule has 0 aliphatic rings. The molecule has 0 saturated heterocycles. The number of aryl methyl sites for hydroxylation is 1. The summed E-state index contributed by atoms with van der Waals surface area (Å²) >= 11 is 0. The van der Waals surface area contributed by atoms with E-state index in [0.29, 0.717) is 16.8 Å². The number of nitrogens with zero attached hydrogens (tertiary/aromatic N) is 1. The van der Waals surface area contributed by atoms with E-state index in [2.05, 4.69) is 10.3 Å². The van der Waals surface area contributed by atoms with Crippen LogP contribution in [0.25, 0.3) is 11.3 Å². The molecule has 1 N–H and O–H groups in total. The van der Waals surface area contributed by atoms with E-state index in [1.54, 1.807) is 38.3 Å². The van der Waals surface area contributed by atoms with Crippen LogP contribution < -0.4 is 10.1 Å². The second-order valence-corrected chi connectivity index (χ2v) is 5.58. The topological polar surface area (TPSA) is 51.2 Å². The second kappa shape index (κ2) is 7.13. The van der Waals surface area contributed by atoms with Gasteiger partial charge in [-0.15, -0.1) is 0 Å². The molecule has 3 rings (SSSR count). The lowest BCUT2D eigenvalue weighted by Crippen LogP contribution is -2.12. The summed E-state index contributed by atoms with van der Waals surface area (Å²) in [5.41, 5.74) is 2.96. The van der Waals surface area contributed by atoms with Crippen molar-refractivity contribution in [1.82, 2.24) is 4.98 Å². The van der Waals surface area contributed by atoms with Gasteiger partial charge in [0.2, 0.25) is 0 Å². The Bertz CT molecular complexity index is 908. The van der Waals surface area contributed by atoms with Crippen molar-refractivity contribution in [3.8, 4) is 17.0 Å². The molecular formula is C20H17FN2O2. The number of carbonyl (C=O) groups is 1. The fraction of sp³-hybridized carbons (Fsp3) is 0.100. The first kappa shape index (κ1) is 16.6. The lowest BCUT2D eigenvalue weighted by molar-refractivity contribution is 0.102. The summed E-state index contributed by atoms with van der Waals surface area (Å²) in [7, 11) is 1.61. The highest BCUT2D eigenvalue weighted by molar-refractivity contribution is 6.04. The van der Waals surface area contributed by atoms with E-state index in [9.17, 15) is 9.18 Å². The van der Waals surface area contributed by atoms with Gasteiger partial charge >= 0.3 is 0 Å². The zero-order valence-corrected chi connectivity index (χ0v) is 13.9. The number of methoxy groups -OCH3 is 1. The van der Waals surface area contributed by atoms with Gasteiger partial charge in [-0.3, -0.25) is 9.78 Å². The minimum atomic E-state index is -0.357. The van der Waals surface area contributed by atoms with Crippen molar-refractivity contribution in [2.75, 3.05) is 12.4 Å². The highest BCUT2D eigenvalue weighted by atomic mass is 19.1. The molecule has 0 spiro atoms. The molecular weight excluding hydrogens is 319 g/mol. The van der Waals surface area contributed by atoms with Gasteiger partial charge in [0.1, 0.15) is 11.6 Å². The minimum Gasteiger partial charge on any atom is -0.497 e. The van der Waals surface area contributed by atoms with Gasteiger partial charge < -0.3 is 10.1 Å². The number of nitrogens with one attached hydrogen (secondary N) is 1. The number of amides is 1. The number of benzene rings is 2. The first-order chi connectivity index (χ1) is 12.1. The molecule has 1 amide bonds. The van der Waals surface area contributed by atoms with Gasteiger partial charge in [-0.2, -0.15) is 0 Å². The standard InChI is InChI=1S/C20H17FN2O2/c1-13-6-8-16(11-18(13)21)23-20(24)15-7-9-19(22-12-15)14-4-3-5-17(10-14)25-2/h3-12H,1-2H3,(H,23,24). The van der Waals surface area contributed by atoms with Crippen molar-refractivity contribution in [2.45, 2.75) is 6.92 Å². The van der Waals surface area contributed by atoms with Crippen molar-refractivity contribution in [3.05, 3.63) is 77.7 Å². The van der Waals surface area contributed by atoms with E-state index in [0.717, 1.165) is 17.0 Å². The maximum Gasteiger partial charge on any atom is 0.257 e. The predicted molar refractivity (Wildman–Crippen MR) is 95.3 cm³/mol. The minimum absolute atomic E-state index is 0.340. The molecule has 5 heteroatoms. The Balaban J connectivity index is 1.77. The summed E-state index contributed by atoms with van der Waals surface area (Å²) in [5, 5.41) is 2.66. The van der Waals surface area contributed by atoms with Gasteiger partial charge in [-0.25, -0.2) is 4.39 Å². The molecule has 0 atom stereocenters. The van der Waals surface area contributed by atoms with E-state index < -0.39 is 0 Å². The monoisotopic (exact) mass is 336 g/mol.